The highest BCUT2D eigenvalue weighted by Crippen LogP contribution is 2.28. The first-order valence-electron chi connectivity index (χ1n) is 6.80. The first-order chi connectivity index (χ1) is 9.05. The molecule has 0 heterocycles. The average molecular weight is 262 g/mol. The van der Waals surface area contributed by atoms with Crippen molar-refractivity contribution >= 4 is 11.6 Å². The van der Waals surface area contributed by atoms with Crippen LogP contribution in [-0.2, 0) is 4.79 Å². The molecule has 0 aliphatic heterocycles. The van der Waals surface area contributed by atoms with Crippen LogP contribution < -0.4 is 15.8 Å². The molecule has 1 aliphatic carbocycles. The standard InChI is InChI=1S/C15H22N2O2/c1-11-6-7-12(10-13(11)19-2)17-14(18)15(16)8-4-3-5-9-15/h6-7,10H,3-5,8-9,16H2,1-2H3,(H,17,18). The minimum Gasteiger partial charge on any atom is -0.496 e. The molecule has 1 aromatic carbocycles. The molecule has 4 nitrogen and oxygen atoms in total. The van der Waals surface area contributed by atoms with Crippen molar-refractivity contribution in [1.29, 1.82) is 0 Å². The van der Waals surface area contributed by atoms with E-state index in [9.17, 15) is 4.79 Å². The minimum atomic E-state index is -0.712. The molecule has 19 heavy (non-hydrogen) atoms. The third-order valence-corrected chi connectivity index (χ3v) is 3.86. The number of rotatable bonds is 3. The summed E-state index contributed by atoms with van der Waals surface area (Å²) in [4.78, 5) is 12.3. The molecule has 3 N–H and O–H groups in total. The molecule has 0 saturated heterocycles. The van der Waals surface area contributed by atoms with Gasteiger partial charge in [0, 0.05) is 11.8 Å². The van der Waals surface area contributed by atoms with Gasteiger partial charge in [-0.15, -0.1) is 0 Å². The summed E-state index contributed by atoms with van der Waals surface area (Å²) in [6, 6.07) is 5.64. The van der Waals surface area contributed by atoms with E-state index in [1.807, 2.05) is 25.1 Å². The summed E-state index contributed by atoms with van der Waals surface area (Å²) in [7, 11) is 1.62. The first-order valence-corrected chi connectivity index (χ1v) is 6.80. The van der Waals surface area contributed by atoms with E-state index >= 15 is 0 Å². The zero-order valence-corrected chi connectivity index (χ0v) is 11.7. The third-order valence-electron chi connectivity index (χ3n) is 3.86. The average Bonchev–Trinajstić information content (AvgIpc) is 2.41. The highest BCUT2D eigenvalue weighted by Gasteiger charge is 2.35. The predicted octanol–water partition coefficient (Wildman–Crippen LogP) is 2.60. The number of nitrogens with one attached hydrogen (secondary N) is 1. The molecule has 0 unspecified atom stereocenters. The largest absolute Gasteiger partial charge is 0.496 e. The van der Waals surface area contributed by atoms with Gasteiger partial charge in [-0.05, 0) is 31.4 Å². The number of benzene rings is 1. The van der Waals surface area contributed by atoms with Crippen LogP contribution in [0.15, 0.2) is 18.2 Å². The quantitative estimate of drug-likeness (QED) is 0.880. The molecule has 1 fully saturated rings. The van der Waals surface area contributed by atoms with Crippen LogP contribution >= 0.6 is 0 Å². The first kappa shape index (κ1) is 13.9. The topological polar surface area (TPSA) is 64.3 Å². The molecule has 0 aromatic heterocycles. The number of anilines is 1. The Kier molecular flexibility index (Phi) is 4.10. The van der Waals surface area contributed by atoms with Crippen molar-refractivity contribution in [1.82, 2.24) is 0 Å². The molecule has 0 radical (unpaired) electrons. The molecule has 4 heteroatoms. The van der Waals surface area contributed by atoms with Crippen molar-refractivity contribution in [2.45, 2.75) is 44.6 Å². The van der Waals surface area contributed by atoms with Crippen LogP contribution in [0.25, 0.3) is 0 Å². The molecule has 0 bridgehead atoms. The van der Waals surface area contributed by atoms with E-state index in [-0.39, 0.29) is 5.91 Å². The Hall–Kier alpha value is -1.55. The zero-order valence-electron chi connectivity index (χ0n) is 11.7. The van der Waals surface area contributed by atoms with E-state index in [2.05, 4.69) is 5.32 Å². The Bertz CT molecular complexity index is 465. The van der Waals surface area contributed by atoms with Crippen molar-refractivity contribution in [3.63, 3.8) is 0 Å². The van der Waals surface area contributed by atoms with Gasteiger partial charge >= 0.3 is 0 Å². The molecule has 1 aliphatic rings. The van der Waals surface area contributed by atoms with E-state index < -0.39 is 5.54 Å². The Morgan fingerprint density at radius 1 is 1.32 bits per heavy atom. The van der Waals surface area contributed by atoms with Crippen LogP contribution in [0, 0.1) is 6.92 Å². The second-order valence-electron chi connectivity index (χ2n) is 5.36. The number of amides is 1. The molecule has 1 aromatic rings. The number of methoxy groups -OCH3 is 1. The van der Waals surface area contributed by atoms with Gasteiger partial charge < -0.3 is 15.8 Å². The summed E-state index contributed by atoms with van der Waals surface area (Å²) in [5.41, 5.74) is 7.28. The summed E-state index contributed by atoms with van der Waals surface area (Å²) in [5.74, 6) is 0.686. The van der Waals surface area contributed by atoms with Crippen molar-refractivity contribution < 1.29 is 9.53 Å². The smallest absolute Gasteiger partial charge is 0.244 e. The van der Waals surface area contributed by atoms with E-state index in [1.165, 1.54) is 6.42 Å². The summed E-state index contributed by atoms with van der Waals surface area (Å²) in [6.07, 6.45) is 4.76. The van der Waals surface area contributed by atoms with Crippen molar-refractivity contribution in [2.75, 3.05) is 12.4 Å². The van der Waals surface area contributed by atoms with Gasteiger partial charge in [0.25, 0.3) is 0 Å². The van der Waals surface area contributed by atoms with Crippen LogP contribution in [0.5, 0.6) is 5.75 Å². The summed E-state index contributed by atoms with van der Waals surface area (Å²) < 4.78 is 5.26. The van der Waals surface area contributed by atoms with Crippen LogP contribution in [0.3, 0.4) is 0 Å². The molecular formula is C15H22N2O2. The number of carbonyl (C=O) groups excluding carboxylic acids is 1. The fourth-order valence-corrected chi connectivity index (χ4v) is 2.56. The lowest BCUT2D eigenvalue weighted by molar-refractivity contribution is -0.122. The van der Waals surface area contributed by atoms with E-state index in [0.717, 1.165) is 42.7 Å². The summed E-state index contributed by atoms with van der Waals surface area (Å²) in [5, 5.41) is 2.91. The van der Waals surface area contributed by atoms with Gasteiger partial charge in [-0.3, -0.25) is 4.79 Å². The van der Waals surface area contributed by atoms with Crippen molar-refractivity contribution in [3.05, 3.63) is 23.8 Å². The number of nitrogens with two attached hydrogens (primary N) is 1. The third kappa shape index (κ3) is 3.07. The van der Waals surface area contributed by atoms with E-state index in [0.29, 0.717) is 0 Å². The predicted molar refractivity (Wildman–Crippen MR) is 76.4 cm³/mol. The van der Waals surface area contributed by atoms with Gasteiger partial charge in [0.2, 0.25) is 5.91 Å². The highest BCUT2D eigenvalue weighted by atomic mass is 16.5. The summed E-state index contributed by atoms with van der Waals surface area (Å²) >= 11 is 0. The van der Waals surface area contributed by atoms with Gasteiger partial charge in [0.15, 0.2) is 0 Å². The number of ether oxygens (including phenoxy) is 1. The van der Waals surface area contributed by atoms with Crippen LogP contribution in [-0.4, -0.2) is 18.6 Å². The lowest BCUT2D eigenvalue weighted by Crippen LogP contribution is -2.52. The zero-order chi connectivity index (χ0) is 13.9. The lowest BCUT2D eigenvalue weighted by Gasteiger charge is -2.31. The van der Waals surface area contributed by atoms with E-state index in [4.69, 9.17) is 10.5 Å². The van der Waals surface area contributed by atoms with Gasteiger partial charge in [0.05, 0.1) is 12.6 Å². The van der Waals surface area contributed by atoms with Gasteiger partial charge in [-0.1, -0.05) is 25.3 Å². The number of hydrogen-bond donors (Lipinski definition) is 2. The fraction of sp³-hybridized carbons (Fsp3) is 0.533. The minimum absolute atomic E-state index is 0.0851. The highest BCUT2D eigenvalue weighted by molar-refractivity contribution is 5.98. The van der Waals surface area contributed by atoms with Crippen LogP contribution in [0.2, 0.25) is 0 Å². The Labute approximate surface area is 114 Å². The number of hydrogen-bond acceptors (Lipinski definition) is 3. The molecule has 0 atom stereocenters. The molecule has 1 saturated carbocycles. The molecule has 2 rings (SSSR count). The second kappa shape index (κ2) is 5.61. The lowest BCUT2D eigenvalue weighted by atomic mass is 9.82. The molecular weight excluding hydrogens is 240 g/mol. The van der Waals surface area contributed by atoms with Crippen LogP contribution in [0.4, 0.5) is 5.69 Å². The van der Waals surface area contributed by atoms with Crippen LogP contribution in [0.1, 0.15) is 37.7 Å². The van der Waals surface area contributed by atoms with E-state index in [1.54, 1.807) is 7.11 Å². The second-order valence-corrected chi connectivity index (χ2v) is 5.36. The normalized spacial score (nSPS) is 17.8. The summed E-state index contributed by atoms with van der Waals surface area (Å²) in [6.45, 7) is 1.97. The Balaban J connectivity index is 2.10. The maximum Gasteiger partial charge on any atom is 0.244 e. The Morgan fingerprint density at radius 3 is 2.63 bits per heavy atom. The van der Waals surface area contributed by atoms with Crippen molar-refractivity contribution in [3.8, 4) is 5.75 Å². The number of carbonyl (C=O) groups is 1. The molecule has 0 spiro atoms. The maximum atomic E-state index is 12.3. The van der Waals surface area contributed by atoms with Gasteiger partial charge in [-0.2, -0.15) is 0 Å². The Morgan fingerprint density at radius 2 is 2.00 bits per heavy atom. The number of aryl methyl sites for hydroxylation is 1. The SMILES string of the molecule is COc1cc(NC(=O)C2(N)CCCCC2)ccc1C. The monoisotopic (exact) mass is 262 g/mol. The van der Waals surface area contributed by atoms with Gasteiger partial charge in [0.1, 0.15) is 5.75 Å². The molecule has 104 valence electrons. The maximum absolute atomic E-state index is 12.3. The fourth-order valence-electron chi connectivity index (χ4n) is 2.56. The van der Waals surface area contributed by atoms with Crippen molar-refractivity contribution in [2.24, 2.45) is 5.73 Å². The molecule has 1 amide bonds. The van der Waals surface area contributed by atoms with Gasteiger partial charge in [-0.25, -0.2) is 0 Å².